The first-order chi connectivity index (χ1) is 20.5. The Morgan fingerprint density at radius 1 is 0.659 bits per heavy atom. The summed E-state index contributed by atoms with van der Waals surface area (Å²) >= 11 is 0. The molecular weight excluding hydrogens is 576 g/mol. The van der Waals surface area contributed by atoms with E-state index in [4.69, 9.17) is 18.9 Å². The summed E-state index contributed by atoms with van der Waals surface area (Å²) in [7, 11) is 0. The molecule has 0 radical (unpaired) electrons. The molecule has 12 heteroatoms. The molecular formula is C32H46O12. The monoisotopic (exact) mass is 622 g/mol. The van der Waals surface area contributed by atoms with Gasteiger partial charge in [-0.2, -0.15) is 0 Å². The maximum absolute atomic E-state index is 10.9. The van der Waals surface area contributed by atoms with Crippen molar-refractivity contribution < 1.29 is 59.8 Å². The normalized spacial score (nSPS) is 36.1. The minimum atomic E-state index is -1.96. The summed E-state index contributed by atoms with van der Waals surface area (Å²) in [5, 5.41) is 82.3. The van der Waals surface area contributed by atoms with Gasteiger partial charge in [0.2, 0.25) is 12.6 Å². The summed E-state index contributed by atoms with van der Waals surface area (Å²) in [5.41, 5.74) is -0.674. The van der Waals surface area contributed by atoms with E-state index in [1.54, 1.807) is 12.1 Å². The molecule has 0 saturated carbocycles. The van der Waals surface area contributed by atoms with Crippen LogP contribution < -0.4 is 9.47 Å². The second kappa shape index (κ2) is 13.2. The molecule has 44 heavy (non-hydrogen) atoms. The molecule has 246 valence electrons. The number of hydrogen-bond donors (Lipinski definition) is 8. The van der Waals surface area contributed by atoms with Crippen molar-refractivity contribution in [3.05, 3.63) is 47.5 Å². The number of rotatable bonds is 9. The highest BCUT2D eigenvalue weighted by Gasteiger charge is 2.54. The third-order valence-corrected chi connectivity index (χ3v) is 8.58. The third-order valence-electron chi connectivity index (χ3n) is 8.58. The molecule has 4 rings (SSSR count). The van der Waals surface area contributed by atoms with Crippen LogP contribution in [-0.2, 0) is 9.47 Å². The van der Waals surface area contributed by atoms with Crippen LogP contribution in [0.15, 0.2) is 36.4 Å². The molecule has 10 atom stereocenters. The van der Waals surface area contributed by atoms with E-state index in [0.29, 0.717) is 11.5 Å². The Morgan fingerprint density at radius 3 is 1.30 bits per heavy atom. The minimum Gasteiger partial charge on any atom is -0.461 e. The van der Waals surface area contributed by atoms with E-state index in [2.05, 4.69) is 0 Å². The van der Waals surface area contributed by atoms with Crippen LogP contribution >= 0.6 is 0 Å². The molecule has 2 heterocycles. The Labute approximate surface area is 257 Å². The van der Waals surface area contributed by atoms with Crippen LogP contribution in [-0.4, -0.2) is 114 Å². The van der Waals surface area contributed by atoms with E-state index in [1.807, 2.05) is 52.0 Å². The van der Waals surface area contributed by atoms with Crippen molar-refractivity contribution in [2.45, 2.75) is 114 Å². The SMILES string of the molecule is CC(C)c1cc(-c2ccc(OC3OC(CO)C(O)C(O)C3(C)O)c(C(C)C)c2)ccc1OC1OC(CO)C(O)C(O)C1(C)O. The second-order valence-electron chi connectivity index (χ2n) is 12.8. The zero-order valence-electron chi connectivity index (χ0n) is 25.9. The van der Waals surface area contributed by atoms with E-state index in [0.717, 1.165) is 22.3 Å². The fraction of sp³-hybridized carbons (Fsp3) is 0.625. The van der Waals surface area contributed by atoms with Crippen LogP contribution in [0.3, 0.4) is 0 Å². The first-order valence-electron chi connectivity index (χ1n) is 14.9. The quantitative estimate of drug-likeness (QED) is 0.195. The fourth-order valence-corrected chi connectivity index (χ4v) is 5.53. The predicted octanol–water partition coefficient (Wildman–Crippen LogP) is 0.738. The van der Waals surface area contributed by atoms with Crippen molar-refractivity contribution in [2.75, 3.05) is 13.2 Å². The summed E-state index contributed by atoms with van der Waals surface area (Å²) < 4.78 is 23.4. The van der Waals surface area contributed by atoms with Gasteiger partial charge in [0.25, 0.3) is 0 Å². The van der Waals surface area contributed by atoms with E-state index in [-0.39, 0.29) is 11.8 Å². The molecule has 0 aromatic heterocycles. The summed E-state index contributed by atoms with van der Waals surface area (Å²) in [5.74, 6) is 0.743. The van der Waals surface area contributed by atoms with E-state index < -0.39 is 73.6 Å². The van der Waals surface area contributed by atoms with E-state index >= 15 is 0 Å². The van der Waals surface area contributed by atoms with Gasteiger partial charge in [0.05, 0.1) is 13.2 Å². The smallest absolute Gasteiger partial charge is 0.231 e. The van der Waals surface area contributed by atoms with Gasteiger partial charge < -0.3 is 59.8 Å². The molecule has 2 saturated heterocycles. The Hall–Kier alpha value is -2.36. The predicted molar refractivity (Wildman–Crippen MR) is 158 cm³/mol. The summed E-state index contributed by atoms with van der Waals surface area (Å²) in [4.78, 5) is 0. The number of aliphatic hydroxyl groups excluding tert-OH is 6. The topological polar surface area (TPSA) is 199 Å². The number of aliphatic hydroxyl groups is 8. The van der Waals surface area contributed by atoms with Crippen molar-refractivity contribution in [2.24, 2.45) is 0 Å². The van der Waals surface area contributed by atoms with Crippen molar-refractivity contribution >= 4 is 0 Å². The third kappa shape index (κ3) is 6.47. The molecule has 8 N–H and O–H groups in total. The highest BCUT2D eigenvalue weighted by atomic mass is 16.7. The largest absolute Gasteiger partial charge is 0.461 e. The van der Waals surface area contributed by atoms with Gasteiger partial charge in [0.15, 0.2) is 11.2 Å². The molecule has 0 bridgehead atoms. The van der Waals surface area contributed by atoms with Gasteiger partial charge in [-0.15, -0.1) is 0 Å². The number of benzene rings is 2. The molecule has 2 aliphatic rings. The molecule has 0 amide bonds. The van der Waals surface area contributed by atoms with Gasteiger partial charge in [-0.05, 0) is 72.2 Å². The molecule has 2 fully saturated rings. The molecule has 12 nitrogen and oxygen atoms in total. The van der Waals surface area contributed by atoms with Crippen molar-refractivity contribution in [1.82, 2.24) is 0 Å². The molecule has 2 aromatic rings. The lowest BCUT2D eigenvalue weighted by Crippen LogP contribution is -2.66. The first-order valence-corrected chi connectivity index (χ1v) is 14.9. The standard InChI is InChI=1S/C32H46O12/c1-15(2)19-11-17(7-9-21(19)41-29-31(5,39)27(37)25(35)23(13-33)43-29)18-8-10-22(20(12-18)16(3)4)42-30-32(6,40)28(38)26(36)24(14-34)44-30/h7-12,15-16,23-30,33-40H,13-14H2,1-6H3. The number of ether oxygens (including phenoxy) is 4. The fourth-order valence-electron chi connectivity index (χ4n) is 5.53. The lowest BCUT2D eigenvalue weighted by molar-refractivity contribution is -0.315. The number of hydrogen-bond acceptors (Lipinski definition) is 12. The highest BCUT2D eigenvalue weighted by molar-refractivity contribution is 5.68. The molecule has 0 spiro atoms. The van der Waals surface area contributed by atoms with Gasteiger partial charge in [-0.25, -0.2) is 0 Å². The van der Waals surface area contributed by atoms with E-state index in [9.17, 15) is 40.9 Å². The van der Waals surface area contributed by atoms with Crippen molar-refractivity contribution in [3.63, 3.8) is 0 Å². The lowest BCUT2D eigenvalue weighted by atomic mass is 9.88. The summed E-state index contributed by atoms with van der Waals surface area (Å²) in [6, 6.07) is 11.0. The van der Waals surface area contributed by atoms with Gasteiger partial charge in [0.1, 0.15) is 48.1 Å². The molecule has 10 unspecified atom stereocenters. The van der Waals surface area contributed by atoms with Crippen molar-refractivity contribution in [3.8, 4) is 22.6 Å². The van der Waals surface area contributed by atoms with E-state index in [1.165, 1.54) is 13.8 Å². The maximum Gasteiger partial charge on any atom is 0.231 e. The first kappa shape index (κ1) is 34.5. The molecule has 2 aliphatic heterocycles. The zero-order valence-corrected chi connectivity index (χ0v) is 25.9. The highest BCUT2D eigenvalue weighted by Crippen LogP contribution is 2.40. The maximum atomic E-state index is 10.9. The average Bonchev–Trinajstić information content (AvgIpc) is 2.98. The van der Waals surface area contributed by atoms with Crippen molar-refractivity contribution in [1.29, 1.82) is 0 Å². The van der Waals surface area contributed by atoms with Gasteiger partial charge in [-0.3, -0.25) is 0 Å². The molecule has 2 aromatic carbocycles. The van der Waals surface area contributed by atoms with Crippen LogP contribution in [0.2, 0.25) is 0 Å². The minimum absolute atomic E-state index is 0.0262. The Kier molecular flexibility index (Phi) is 10.3. The average molecular weight is 623 g/mol. The Morgan fingerprint density at radius 2 is 1.00 bits per heavy atom. The summed E-state index contributed by atoms with van der Waals surface area (Å²) in [6.07, 6.45) is -11.2. The van der Waals surface area contributed by atoms with Crippen LogP contribution in [0.5, 0.6) is 11.5 Å². The van der Waals surface area contributed by atoms with Crippen LogP contribution in [0, 0.1) is 0 Å². The molecule has 0 aliphatic carbocycles. The van der Waals surface area contributed by atoms with Gasteiger partial charge in [-0.1, -0.05) is 39.8 Å². The van der Waals surface area contributed by atoms with Crippen LogP contribution in [0.1, 0.15) is 64.5 Å². The second-order valence-corrected chi connectivity index (χ2v) is 12.8. The summed E-state index contributed by atoms with van der Waals surface area (Å²) in [6.45, 7) is 9.33. The lowest BCUT2D eigenvalue weighted by Gasteiger charge is -2.46. The zero-order chi connectivity index (χ0) is 32.7. The Bertz CT molecular complexity index is 1180. The van der Waals surface area contributed by atoms with Crippen LogP contribution in [0.4, 0.5) is 0 Å². The van der Waals surface area contributed by atoms with Gasteiger partial charge in [0, 0.05) is 0 Å². The van der Waals surface area contributed by atoms with Gasteiger partial charge >= 0.3 is 0 Å². The van der Waals surface area contributed by atoms with Crippen LogP contribution in [0.25, 0.3) is 11.1 Å². The Balaban J connectivity index is 1.64.